The second-order valence-electron chi connectivity index (χ2n) is 4.11. The molecule has 2 aromatic rings. The average Bonchev–Trinajstić information content (AvgIpc) is 2.78. The van der Waals surface area contributed by atoms with Crippen LogP contribution in [0.5, 0.6) is 5.75 Å². The lowest BCUT2D eigenvalue weighted by atomic mass is 10.1. The first-order valence-electron chi connectivity index (χ1n) is 5.47. The number of rotatable bonds is 3. The molecule has 90 valence electrons. The van der Waals surface area contributed by atoms with E-state index in [-0.39, 0.29) is 0 Å². The Kier molecular flexibility index (Phi) is 2.99. The van der Waals surface area contributed by atoms with E-state index in [0.29, 0.717) is 17.5 Å². The second-order valence-corrected chi connectivity index (χ2v) is 4.11. The van der Waals surface area contributed by atoms with Gasteiger partial charge in [-0.3, -0.25) is 0 Å². The quantitative estimate of drug-likeness (QED) is 0.823. The van der Waals surface area contributed by atoms with Crippen molar-refractivity contribution in [3.8, 4) is 17.1 Å². The van der Waals surface area contributed by atoms with Crippen molar-refractivity contribution in [3.63, 3.8) is 0 Å². The molecule has 0 radical (unpaired) electrons. The van der Waals surface area contributed by atoms with Gasteiger partial charge in [0.25, 0.3) is 0 Å². The summed E-state index contributed by atoms with van der Waals surface area (Å²) in [5, 5.41) is 8.07. The minimum absolute atomic E-state index is 0.309. The number of nitrogens with two attached hydrogens (primary N) is 1. The van der Waals surface area contributed by atoms with Crippen LogP contribution in [0.1, 0.15) is 19.9 Å². The topological polar surface area (TPSA) is 66.0 Å². The predicted molar refractivity (Wildman–Crippen MR) is 66.8 cm³/mol. The molecular formula is C12H16N4O. The Labute approximate surface area is 100 Å². The van der Waals surface area contributed by atoms with Crippen molar-refractivity contribution in [1.82, 2.24) is 14.8 Å². The lowest BCUT2D eigenvalue weighted by molar-refractivity contribution is 0.417. The van der Waals surface area contributed by atoms with Crippen LogP contribution in [0.4, 0.5) is 5.69 Å². The van der Waals surface area contributed by atoms with Gasteiger partial charge in [0, 0.05) is 11.6 Å². The Hall–Kier alpha value is -2.04. The summed E-state index contributed by atoms with van der Waals surface area (Å²) in [4.78, 5) is 0. The van der Waals surface area contributed by atoms with Gasteiger partial charge in [-0.25, -0.2) is 0 Å². The van der Waals surface area contributed by atoms with E-state index >= 15 is 0 Å². The van der Waals surface area contributed by atoms with Crippen molar-refractivity contribution < 1.29 is 4.74 Å². The molecule has 5 heteroatoms. The van der Waals surface area contributed by atoms with Crippen LogP contribution in [0, 0.1) is 0 Å². The molecule has 0 saturated heterocycles. The van der Waals surface area contributed by atoms with Crippen molar-refractivity contribution >= 4 is 5.69 Å². The number of aromatic nitrogens is 3. The van der Waals surface area contributed by atoms with Crippen LogP contribution in [0.3, 0.4) is 0 Å². The van der Waals surface area contributed by atoms with Crippen LogP contribution in [0.2, 0.25) is 0 Å². The minimum atomic E-state index is 0.309. The van der Waals surface area contributed by atoms with E-state index in [1.807, 2.05) is 22.8 Å². The largest absolute Gasteiger partial charge is 0.495 e. The highest BCUT2D eigenvalue weighted by Gasteiger charge is 2.11. The molecule has 0 bridgehead atoms. The molecule has 2 N–H and O–H groups in total. The summed E-state index contributed by atoms with van der Waals surface area (Å²) in [6, 6.07) is 5.91. The maximum Gasteiger partial charge on any atom is 0.164 e. The zero-order chi connectivity index (χ0) is 12.4. The van der Waals surface area contributed by atoms with Gasteiger partial charge in [0.15, 0.2) is 5.82 Å². The van der Waals surface area contributed by atoms with E-state index in [1.54, 1.807) is 13.4 Å². The summed E-state index contributed by atoms with van der Waals surface area (Å²) in [5.41, 5.74) is 7.35. The standard InChI is InChI=1S/C12H16N4O/c1-8(2)16-7-14-15-12(16)9-4-5-10(13)11(6-9)17-3/h4-8H,13H2,1-3H3. The number of hydrogen-bond donors (Lipinski definition) is 1. The first kappa shape index (κ1) is 11.4. The van der Waals surface area contributed by atoms with Crippen LogP contribution < -0.4 is 10.5 Å². The molecule has 2 rings (SSSR count). The predicted octanol–water partition coefficient (Wildman–Crippen LogP) is 2.12. The normalized spacial score (nSPS) is 10.8. The van der Waals surface area contributed by atoms with Gasteiger partial charge >= 0.3 is 0 Å². The smallest absolute Gasteiger partial charge is 0.164 e. The number of hydrogen-bond acceptors (Lipinski definition) is 4. The number of nitrogens with zero attached hydrogens (tertiary/aromatic N) is 3. The Morgan fingerprint density at radius 3 is 2.76 bits per heavy atom. The first-order chi connectivity index (χ1) is 8.13. The fraction of sp³-hybridized carbons (Fsp3) is 0.333. The molecular weight excluding hydrogens is 216 g/mol. The Morgan fingerprint density at radius 2 is 2.12 bits per heavy atom. The van der Waals surface area contributed by atoms with E-state index in [4.69, 9.17) is 10.5 Å². The molecule has 1 aromatic heterocycles. The lowest BCUT2D eigenvalue weighted by Gasteiger charge is -2.11. The van der Waals surface area contributed by atoms with E-state index in [2.05, 4.69) is 24.0 Å². The van der Waals surface area contributed by atoms with Gasteiger partial charge < -0.3 is 15.0 Å². The molecule has 0 atom stereocenters. The van der Waals surface area contributed by atoms with Crippen molar-refractivity contribution in [1.29, 1.82) is 0 Å². The van der Waals surface area contributed by atoms with Gasteiger partial charge in [-0.15, -0.1) is 10.2 Å². The molecule has 0 aliphatic heterocycles. The van der Waals surface area contributed by atoms with Gasteiger partial charge in [0.2, 0.25) is 0 Å². The number of methoxy groups -OCH3 is 1. The van der Waals surface area contributed by atoms with Crippen LogP contribution in [0.15, 0.2) is 24.5 Å². The van der Waals surface area contributed by atoms with E-state index in [1.165, 1.54) is 0 Å². The van der Waals surface area contributed by atoms with Crippen LogP contribution >= 0.6 is 0 Å². The zero-order valence-electron chi connectivity index (χ0n) is 10.2. The van der Waals surface area contributed by atoms with Crippen molar-refractivity contribution in [2.75, 3.05) is 12.8 Å². The molecule has 0 spiro atoms. The van der Waals surface area contributed by atoms with E-state index in [9.17, 15) is 0 Å². The fourth-order valence-electron chi connectivity index (χ4n) is 1.68. The molecule has 0 aliphatic rings. The Morgan fingerprint density at radius 1 is 1.35 bits per heavy atom. The fourth-order valence-corrected chi connectivity index (χ4v) is 1.68. The summed E-state index contributed by atoms with van der Waals surface area (Å²) in [5.74, 6) is 1.47. The molecule has 0 saturated carbocycles. The molecule has 0 amide bonds. The third-order valence-electron chi connectivity index (χ3n) is 2.62. The second kappa shape index (κ2) is 4.45. The highest BCUT2D eigenvalue weighted by molar-refractivity contribution is 5.65. The van der Waals surface area contributed by atoms with Crippen molar-refractivity contribution in [2.24, 2.45) is 0 Å². The average molecular weight is 232 g/mol. The maximum absolute atomic E-state index is 5.78. The molecule has 1 heterocycles. The van der Waals surface area contributed by atoms with Gasteiger partial charge in [0.05, 0.1) is 12.8 Å². The van der Waals surface area contributed by atoms with E-state index < -0.39 is 0 Å². The van der Waals surface area contributed by atoms with Crippen LogP contribution in [-0.4, -0.2) is 21.9 Å². The third-order valence-corrected chi connectivity index (χ3v) is 2.62. The van der Waals surface area contributed by atoms with Gasteiger partial charge in [-0.05, 0) is 32.0 Å². The molecule has 0 fully saturated rings. The zero-order valence-corrected chi connectivity index (χ0v) is 10.2. The first-order valence-corrected chi connectivity index (χ1v) is 5.47. The third kappa shape index (κ3) is 2.08. The molecule has 17 heavy (non-hydrogen) atoms. The Bertz CT molecular complexity index is 519. The summed E-state index contributed by atoms with van der Waals surface area (Å²) < 4.78 is 7.21. The number of benzene rings is 1. The molecule has 1 aromatic carbocycles. The SMILES string of the molecule is COc1cc(-c2nncn2C(C)C)ccc1N. The highest BCUT2D eigenvalue weighted by Crippen LogP contribution is 2.28. The minimum Gasteiger partial charge on any atom is -0.495 e. The summed E-state index contributed by atoms with van der Waals surface area (Å²) in [6.45, 7) is 4.17. The van der Waals surface area contributed by atoms with Crippen molar-refractivity contribution in [3.05, 3.63) is 24.5 Å². The Balaban J connectivity index is 2.49. The van der Waals surface area contributed by atoms with Crippen LogP contribution in [0.25, 0.3) is 11.4 Å². The molecule has 5 nitrogen and oxygen atoms in total. The number of ether oxygens (including phenoxy) is 1. The summed E-state index contributed by atoms with van der Waals surface area (Å²) in [7, 11) is 1.60. The summed E-state index contributed by atoms with van der Waals surface area (Å²) >= 11 is 0. The number of nitrogen functional groups attached to an aromatic ring is 1. The maximum atomic E-state index is 5.78. The van der Waals surface area contributed by atoms with Gasteiger partial charge in [-0.1, -0.05) is 0 Å². The van der Waals surface area contributed by atoms with Crippen LogP contribution in [-0.2, 0) is 0 Å². The van der Waals surface area contributed by atoms with Gasteiger partial charge in [-0.2, -0.15) is 0 Å². The highest BCUT2D eigenvalue weighted by atomic mass is 16.5. The van der Waals surface area contributed by atoms with E-state index in [0.717, 1.165) is 11.4 Å². The number of anilines is 1. The molecule has 0 unspecified atom stereocenters. The summed E-state index contributed by atoms with van der Waals surface area (Å²) in [6.07, 6.45) is 1.73. The van der Waals surface area contributed by atoms with Gasteiger partial charge in [0.1, 0.15) is 12.1 Å². The van der Waals surface area contributed by atoms with Crippen molar-refractivity contribution in [2.45, 2.75) is 19.9 Å². The molecule has 0 aliphatic carbocycles. The monoisotopic (exact) mass is 232 g/mol. The lowest BCUT2D eigenvalue weighted by Crippen LogP contribution is -2.02.